The van der Waals surface area contributed by atoms with Crippen LogP contribution in [0.15, 0.2) is 97.3 Å². The quantitative estimate of drug-likeness (QED) is 0.147. The summed E-state index contributed by atoms with van der Waals surface area (Å²) in [6.45, 7) is 15.9. The summed E-state index contributed by atoms with van der Waals surface area (Å²) in [5.41, 5.74) is 4.76. The highest BCUT2D eigenvalue weighted by Crippen LogP contribution is 2.24. The highest BCUT2D eigenvalue weighted by Gasteiger charge is 2.23. The van der Waals surface area contributed by atoms with Crippen LogP contribution in [0.5, 0.6) is 0 Å². The van der Waals surface area contributed by atoms with Crippen LogP contribution in [-0.4, -0.2) is 82.8 Å². The number of morpholine rings is 1. The second kappa shape index (κ2) is 20.8. The van der Waals surface area contributed by atoms with Gasteiger partial charge in [-0.3, -0.25) is 29.1 Å². The molecule has 2 fully saturated rings. The number of benzene rings is 4. The van der Waals surface area contributed by atoms with E-state index in [9.17, 15) is 19.2 Å². The summed E-state index contributed by atoms with van der Waals surface area (Å²) in [6, 6.07) is 24.3. The van der Waals surface area contributed by atoms with Crippen LogP contribution in [0.25, 0.3) is 22.1 Å². The van der Waals surface area contributed by atoms with Gasteiger partial charge in [0.2, 0.25) is 11.8 Å². The number of hydrogen-bond donors (Lipinski definition) is 2. The van der Waals surface area contributed by atoms with E-state index >= 15 is 0 Å². The third kappa shape index (κ3) is 12.9. The molecule has 63 heavy (non-hydrogen) atoms. The zero-order valence-electron chi connectivity index (χ0n) is 36.7. The minimum atomic E-state index is -0.519. The van der Waals surface area contributed by atoms with Crippen LogP contribution >= 0.6 is 11.6 Å². The molecular formula is C49H54ClN7O6. The molecule has 0 atom stereocenters. The fraction of sp³-hybridized carbons (Fsp3) is 0.347. The molecule has 2 aliphatic rings. The predicted octanol–water partition coefficient (Wildman–Crippen LogP) is 9.37. The normalized spacial score (nSPS) is 14.1. The smallest absolute Gasteiger partial charge is 0.229 e. The van der Waals surface area contributed by atoms with Gasteiger partial charge in [-0.15, -0.1) is 0 Å². The molecule has 2 aliphatic heterocycles. The molecule has 2 N–H and O–H groups in total. The fourth-order valence-corrected chi connectivity index (χ4v) is 6.49. The Morgan fingerprint density at radius 2 is 1.02 bits per heavy atom. The van der Waals surface area contributed by atoms with Gasteiger partial charge in [0.05, 0.1) is 47.7 Å². The summed E-state index contributed by atoms with van der Waals surface area (Å²) >= 11 is 5.87. The van der Waals surface area contributed by atoms with E-state index in [4.69, 9.17) is 26.1 Å². The highest BCUT2D eigenvalue weighted by molar-refractivity contribution is 6.29. The number of rotatable bonds is 7. The number of nitrogens with one attached hydrogen (secondary N) is 2. The summed E-state index contributed by atoms with van der Waals surface area (Å²) in [6.07, 6.45) is 7.16. The van der Waals surface area contributed by atoms with E-state index in [-0.39, 0.29) is 28.5 Å². The number of fused-ring (bicyclic) bond motifs is 2. The number of hydrogen-bond acceptors (Lipinski definition) is 11. The van der Waals surface area contributed by atoms with Crippen LogP contribution < -0.4 is 15.5 Å². The fourth-order valence-electron chi connectivity index (χ4n) is 6.35. The minimum Gasteiger partial charge on any atom is -0.381 e. The average Bonchev–Trinajstić information content (AvgIpc) is 3.28. The van der Waals surface area contributed by atoms with Crippen molar-refractivity contribution < 1.29 is 28.7 Å². The Balaban J connectivity index is 0.000000187. The maximum atomic E-state index is 13.1. The van der Waals surface area contributed by atoms with Gasteiger partial charge in [0, 0.05) is 70.8 Å². The summed E-state index contributed by atoms with van der Waals surface area (Å²) in [7, 11) is 0. The van der Waals surface area contributed by atoms with Crippen LogP contribution in [0.3, 0.4) is 0 Å². The van der Waals surface area contributed by atoms with Gasteiger partial charge in [-0.1, -0.05) is 77.4 Å². The van der Waals surface area contributed by atoms with Crippen LogP contribution in [0.1, 0.15) is 92.6 Å². The largest absolute Gasteiger partial charge is 0.381 e. The summed E-state index contributed by atoms with van der Waals surface area (Å²) in [5.74, 6) is 0.270. The molecule has 0 spiro atoms. The van der Waals surface area contributed by atoms with Crippen molar-refractivity contribution in [2.45, 2.75) is 60.8 Å². The highest BCUT2D eigenvalue weighted by atomic mass is 35.5. The first-order valence-corrected chi connectivity index (χ1v) is 21.4. The molecule has 0 unspecified atom stereocenters. The first kappa shape index (κ1) is 46.4. The Labute approximate surface area is 373 Å². The number of halogens is 1. The maximum Gasteiger partial charge on any atom is 0.229 e. The Kier molecular flexibility index (Phi) is 15.3. The number of amides is 2. The lowest BCUT2D eigenvalue weighted by molar-refractivity contribution is -0.123. The van der Waals surface area contributed by atoms with Crippen LogP contribution in [0, 0.1) is 10.8 Å². The number of aromatic nitrogens is 4. The van der Waals surface area contributed by atoms with Crippen molar-refractivity contribution in [1.82, 2.24) is 19.9 Å². The van der Waals surface area contributed by atoms with Gasteiger partial charge in [-0.2, -0.15) is 0 Å². The molecule has 0 aliphatic carbocycles. The van der Waals surface area contributed by atoms with Crippen molar-refractivity contribution in [1.29, 1.82) is 0 Å². The van der Waals surface area contributed by atoms with E-state index in [2.05, 4.69) is 30.5 Å². The van der Waals surface area contributed by atoms with Gasteiger partial charge in [-0.05, 0) is 79.9 Å². The van der Waals surface area contributed by atoms with Crippen LogP contribution in [0.2, 0.25) is 5.15 Å². The second-order valence-corrected chi connectivity index (χ2v) is 17.7. The standard InChI is InChI=1S/C24H26N4O3.C20H18ClN3O2.C5H10O/c1-24(2,3)23(30)26-18-6-4-5-16(13-18)22(29)17-7-8-19-20(14-17)27-21(15-25-19)28-9-11-31-12-10-28;1-20(2,3)19(26)23-14-6-4-5-12(9-14)18(25)13-7-8-15-16(10-13)24-17(21)11-22-15;1-2-4-6-5-3-1/h4-8,13-15H,9-12H2,1-3H3,(H,26,30);4-11H,1-3H3,(H,23,26);1-5H2. The molecule has 2 aromatic heterocycles. The lowest BCUT2D eigenvalue weighted by Crippen LogP contribution is -2.36. The lowest BCUT2D eigenvalue weighted by Gasteiger charge is -2.27. The molecule has 14 heteroatoms. The van der Waals surface area contributed by atoms with Gasteiger partial charge in [0.1, 0.15) is 11.0 Å². The molecule has 0 saturated carbocycles. The van der Waals surface area contributed by atoms with Gasteiger partial charge >= 0.3 is 0 Å². The van der Waals surface area contributed by atoms with Crippen LogP contribution in [0.4, 0.5) is 17.2 Å². The molecule has 2 amide bonds. The van der Waals surface area contributed by atoms with Crippen molar-refractivity contribution in [2.24, 2.45) is 10.8 Å². The topological polar surface area (TPSA) is 166 Å². The Morgan fingerprint density at radius 3 is 1.48 bits per heavy atom. The number of ether oxygens (including phenoxy) is 2. The van der Waals surface area contributed by atoms with E-state index < -0.39 is 10.8 Å². The van der Waals surface area contributed by atoms with E-state index in [0.29, 0.717) is 63.4 Å². The number of nitrogens with zero attached hydrogens (tertiary/aromatic N) is 5. The van der Waals surface area contributed by atoms with Gasteiger partial charge in [0.25, 0.3) is 0 Å². The van der Waals surface area contributed by atoms with E-state index in [1.165, 1.54) is 25.5 Å². The molecule has 4 heterocycles. The van der Waals surface area contributed by atoms with Crippen molar-refractivity contribution >= 4 is 74.2 Å². The monoisotopic (exact) mass is 871 g/mol. The number of carbonyl (C=O) groups excluding carboxylic acids is 4. The van der Waals surface area contributed by atoms with Crippen molar-refractivity contribution in [3.05, 3.63) is 125 Å². The first-order valence-electron chi connectivity index (χ1n) is 21.1. The third-order valence-corrected chi connectivity index (χ3v) is 10.3. The molecule has 0 bridgehead atoms. The van der Waals surface area contributed by atoms with Gasteiger partial charge in [-0.25, -0.2) is 9.97 Å². The third-order valence-electron chi connectivity index (χ3n) is 10.1. The number of ketones is 2. The SMILES string of the molecule is C1CCOCC1.CC(C)(C)C(=O)Nc1cccc(C(=O)c2ccc3ncc(Cl)nc3c2)c1.CC(C)(C)C(=O)Nc1cccc(C(=O)c2ccc3ncc(N4CCOCC4)nc3c2)c1. The second-order valence-electron chi connectivity index (χ2n) is 17.3. The molecule has 328 valence electrons. The zero-order chi connectivity index (χ0) is 45.1. The summed E-state index contributed by atoms with van der Waals surface area (Å²) < 4.78 is 10.5. The molecule has 13 nitrogen and oxygen atoms in total. The Bertz CT molecular complexity index is 2580. The minimum absolute atomic E-state index is 0.103. The summed E-state index contributed by atoms with van der Waals surface area (Å²) in [5, 5.41) is 5.98. The molecule has 2 saturated heterocycles. The van der Waals surface area contributed by atoms with E-state index in [1.807, 2.05) is 47.6 Å². The Hall–Kier alpha value is -6.15. The number of carbonyl (C=O) groups is 4. The van der Waals surface area contributed by atoms with E-state index in [1.54, 1.807) is 85.1 Å². The predicted molar refractivity (Wildman–Crippen MR) is 248 cm³/mol. The number of anilines is 3. The van der Waals surface area contributed by atoms with Gasteiger partial charge in [0.15, 0.2) is 11.6 Å². The average molecular weight is 872 g/mol. The van der Waals surface area contributed by atoms with Gasteiger partial charge < -0.3 is 25.0 Å². The zero-order valence-corrected chi connectivity index (χ0v) is 37.4. The summed E-state index contributed by atoms with van der Waals surface area (Å²) in [4.78, 5) is 70.1. The molecule has 4 aromatic carbocycles. The Morgan fingerprint density at radius 1 is 0.556 bits per heavy atom. The molecular weight excluding hydrogens is 818 g/mol. The molecule has 0 radical (unpaired) electrons. The maximum absolute atomic E-state index is 13.1. The van der Waals surface area contributed by atoms with Crippen molar-refractivity contribution in [3.8, 4) is 0 Å². The van der Waals surface area contributed by atoms with Crippen molar-refractivity contribution in [2.75, 3.05) is 55.1 Å². The van der Waals surface area contributed by atoms with E-state index in [0.717, 1.165) is 37.6 Å². The molecule has 6 aromatic rings. The first-order chi connectivity index (χ1) is 30.0. The molecule has 8 rings (SSSR count). The van der Waals surface area contributed by atoms with Crippen LogP contribution in [-0.2, 0) is 19.1 Å². The van der Waals surface area contributed by atoms with Crippen molar-refractivity contribution in [3.63, 3.8) is 0 Å². The lowest BCUT2D eigenvalue weighted by atomic mass is 9.95.